The first-order valence-corrected chi connectivity index (χ1v) is 11.2. The van der Waals surface area contributed by atoms with E-state index < -0.39 is 15.9 Å². The SMILES string of the molecule is Cc1ccc(C)c(NC(=O)CN(c2ccc(Br)cc2)S(=O)(=O)c2ccccc2)c1. The topological polar surface area (TPSA) is 66.5 Å². The van der Waals surface area contributed by atoms with E-state index >= 15 is 0 Å². The number of nitrogens with zero attached hydrogens (tertiary/aromatic N) is 1. The van der Waals surface area contributed by atoms with Crippen molar-refractivity contribution in [1.29, 1.82) is 0 Å². The van der Waals surface area contributed by atoms with Gasteiger partial charge < -0.3 is 5.32 Å². The molecule has 0 atom stereocenters. The zero-order chi connectivity index (χ0) is 21.0. The van der Waals surface area contributed by atoms with Crippen molar-refractivity contribution >= 4 is 43.2 Å². The van der Waals surface area contributed by atoms with Crippen molar-refractivity contribution in [1.82, 2.24) is 0 Å². The summed E-state index contributed by atoms with van der Waals surface area (Å²) >= 11 is 3.35. The third kappa shape index (κ3) is 5.05. The lowest BCUT2D eigenvalue weighted by atomic mass is 10.1. The smallest absolute Gasteiger partial charge is 0.264 e. The Hall–Kier alpha value is -2.64. The third-order valence-corrected chi connectivity index (χ3v) is 6.72. The number of nitrogens with one attached hydrogen (secondary N) is 1. The Balaban J connectivity index is 1.94. The van der Waals surface area contributed by atoms with Gasteiger partial charge in [-0.1, -0.05) is 46.3 Å². The minimum absolute atomic E-state index is 0.127. The average Bonchev–Trinajstić information content (AvgIpc) is 2.70. The molecular formula is C22H21BrN2O3S. The minimum atomic E-state index is -3.92. The van der Waals surface area contributed by atoms with E-state index in [4.69, 9.17) is 0 Å². The van der Waals surface area contributed by atoms with E-state index in [9.17, 15) is 13.2 Å². The summed E-state index contributed by atoms with van der Waals surface area (Å²) in [5.74, 6) is -0.416. The van der Waals surface area contributed by atoms with Crippen LogP contribution >= 0.6 is 15.9 Å². The third-order valence-electron chi connectivity index (χ3n) is 4.40. The van der Waals surface area contributed by atoms with E-state index in [2.05, 4.69) is 21.2 Å². The lowest BCUT2D eigenvalue weighted by Gasteiger charge is -2.24. The van der Waals surface area contributed by atoms with Gasteiger partial charge in [0.2, 0.25) is 5.91 Å². The molecule has 0 spiro atoms. The van der Waals surface area contributed by atoms with Crippen LogP contribution in [0.15, 0.2) is 82.2 Å². The Morgan fingerprint density at radius 2 is 1.62 bits per heavy atom. The van der Waals surface area contributed by atoms with Crippen LogP contribution in [0, 0.1) is 13.8 Å². The summed E-state index contributed by atoms with van der Waals surface area (Å²) in [5, 5.41) is 2.83. The number of sulfonamides is 1. The zero-order valence-corrected chi connectivity index (χ0v) is 18.5. The molecule has 0 heterocycles. The van der Waals surface area contributed by atoms with Crippen LogP contribution in [0.25, 0.3) is 0 Å². The number of carbonyl (C=O) groups excluding carboxylic acids is 1. The molecule has 0 aliphatic heterocycles. The molecule has 7 heteroatoms. The molecule has 3 rings (SSSR count). The van der Waals surface area contributed by atoms with Gasteiger partial charge in [-0.3, -0.25) is 9.10 Å². The highest BCUT2D eigenvalue weighted by atomic mass is 79.9. The molecule has 150 valence electrons. The van der Waals surface area contributed by atoms with Crippen LogP contribution in [-0.4, -0.2) is 20.9 Å². The highest BCUT2D eigenvalue weighted by Crippen LogP contribution is 2.25. The molecule has 0 bridgehead atoms. The largest absolute Gasteiger partial charge is 0.324 e. The molecule has 0 aliphatic rings. The second-order valence-corrected chi connectivity index (χ2v) is 9.45. The summed E-state index contributed by atoms with van der Waals surface area (Å²) in [6.45, 7) is 3.48. The van der Waals surface area contributed by atoms with Crippen LogP contribution in [0.3, 0.4) is 0 Å². The predicted molar refractivity (Wildman–Crippen MR) is 120 cm³/mol. The molecule has 0 radical (unpaired) electrons. The minimum Gasteiger partial charge on any atom is -0.324 e. The number of hydrogen-bond acceptors (Lipinski definition) is 3. The first-order valence-electron chi connectivity index (χ1n) is 8.98. The number of anilines is 2. The van der Waals surface area contributed by atoms with E-state index in [0.717, 1.165) is 19.9 Å². The number of rotatable bonds is 6. The van der Waals surface area contributed by atoms with Crippen LogP contribution in [0.2, 0.25) is 0 Å². The van der Waals surface area contributed by atoms with Gasteiger partial charge in [-0.15, -0.1) is 0 Å². The Bertz CT molecular complexity index is 1110. The molecule has 1 N–H and O–H groups in total. The standard InChI is InChI=1S/C22H21BrN2O3S/c1-16-8-9-17(2)21(14-16)24-22(26)15-25(19-12-10-18(23)11-13-19)29(27,28)20-6-4-3-5-7-20/h3-14H,15H2,1-2H3,(H,24,26). The van der Waals surface area contributed by atoms with Gasteiger partial charge in [0.05, 0.1) is 10.6 Å². The van der Waals surface area contributed by atoms with Crippen LogP contribution in [0.4, 0.5) is 11.4 Å². The maximum atomic E-state index is 13.3. The predicted octanol–water partition coefficient (Wildman–Crippen LogP) is 4.90. The highest BCUT2D eigenvalue weighted by molar-refractivity contribution is 9.10. The molecule has 3 aromatic carbocycles. The summed E-state index contributed by atoms with van der Waals surface area (Å²) in [7, 11) is -3.92. The molecule has 3 aromatic rings. The van der Waals surface area contributed by atoms with Gasteiger partial charge in [0, 0.05) is 10.2 Å². The van der Waals surface area contributed by atoms with Crippen LogP contribution in [0.1, 0.15) is 11.1 Å². The van der Waals surface area contributed by atoms with Crippen molar-refractivity contribution in [2.24, 2.45) is 0 Å². The summed E-state index contributed by atoms with van der Waals surface area (Å²) in [5.41, 5.74) is 2.99. The van der Waals surface area contributed by atoms with Crippen LogP contribution < -0.4 is 9.62 Å². The number of amides is 1. The van der Waals surface area contributed by atoms with E-state index in [1.165, 1.54) is 12.1 Å². The monoisotopic (exact) mass is 472 g/mol. The van der Waals surface area contributed by atoms with Crippen molar-refractivity contribution < 1.29 is 13.2 Å². The van der Waals surface area contributed by atoms with Gasteiger partial charge >= 0.3 is 0 Å². The number of halogens is 1. The van der Waals surface area contributed by atoms with Gasteiger partial charge in [-0.25, -0.2) is 8.42 Å². The Labute approximate surface area is 179 Å². The molecule has 0 saturated heterocycles. The fourth-order valence-electron chi connectivity index (χ4n) is 2.83. The van der Waals surface area contributed by atoms with Gasteiger partial charge in [0.15, 0.2) is 0 Å². The van der Waals surface area contributed by atoms with Gasteiger partial charge in [-0.2, -0.15) is 0 Å². The normalized spacial score (nSPS) is 11.1. The summed E-state index contributed by atoms with van der Waals surface area (Å²) in [4.78, 5) is 12.9. The average molecular weight is 473 g/mol. The van der Waals surface area contributed by atoms with E-state index in [0.29, 0.717) is 11.4 Å². The number of benzene rings is 3. The quantitative estimate of drug-likeness (QED) is 0.554. The Morgan fingerprint density at radius 1 is 0.966 bits per heavy atom. The van der Waals surface area contributed by atoms with Crippen molar-refractivity contribution in [2.75, 3.05) is 16.2 Å². The molecule has 0 fully saturated rings. The molecule has 0 unspecified atom stereocenters. The molecule has 1 amide bonds. The first kappa shape index (κ1) is 21.1. The maximum absolute atomic E-state index is 13.3. The molecule has 0 saturated carbocycles. The summed E-state index contributed by atoms with van der Waals surface area (Å²) in [6.07, 6.45) is 0. The Morgan fingerprint density at radius 3 is 2.28 bits per heavy atom. The van der Waals surface area contributed by atoms with Crippen molar-refractivity contribution in [2.45, 2.75) is 18.7 Å². The second kappa shape index (κ2) is 8.80. The first-order chi connectivity index (χ1) is 13.8. The lowest BCUT2D eigenvalue weighted by molar-refractivity contribution is -0.114. The zero-order valence-electron chi connectivity index (χ0n) is 16.1. The van der Waals surface area contributed by atoms with Gasteiger partial charge in [0.1, 0.15) is 6.54 Å². The van der Waals surface area contributed by atoms with Crippen molar-refractivity contribution in [3.8, 4) is 0 Å². The summed E-state index contributed by atoms with van der Waals surface area (Å²) < 4.78 is 28.5. The van der Waals surface area contributed by atoms with Crippen molar-refractivity contribution in [3.63, 3.8) is 0 Å². The molecule has 0 aromatic heterocycles. The molecule has 0 aliphatic carbocycles. The molecular weight excluding hydrogens is 452 g/mol. The van der Waals surface area contributed by atoms with Crippen LogP contribution in [0.5, 0.6) is 0 Å². The molecule has 29 heavy (non-hydrogen) atoms. The summed E-state index contributed by atoms with van der Waals surface area (Å²) in [6, 6.07) is 20.6. The highest BCUT2D eigenvalue weighted by Gasteiger charge is 2.27. The number of hydrogen-bond donors (Lipinski definition) is 1. The number of carbonyl (C=O) groups is 1. The fraction of sp³-hybridized carbons (Fsp3) is 0.136. The fourth-order valence-corrected chi connectivity index (χ4v) is 4.54. The lowest BCUT2D eigenvalue weighted by Crippen LogP contribution is -2.38. The van der Waals surface area contributed by atoms with Crippen LogP contribution in [-0.2, 0) is 14.8 Å². The van der Waals surface area contributed by atoms with E-state index in [-0.39, 0.29) is 11.4 Å². The van der Waals surface area contributed by atoms with Crippen molar-refractivity contribution in [3.05, 3.63) is 88.4 Å². The molecule has 5 nitrogen and oxygen atoms in total. The van der Waals surface area contributed by atoms with Gasteiger partial charge in [-0.05, 0) is 67.4 Å². The second-order valence-electron chi connectivity index (χ2n) is 6.67. The van der Waals surface area contributed by atoms with E-state index in [1.807, 2.05) is 32.0 Å². The van der Waals surface area contributed by atoms with E-state index in [1.54, 1.807) is 42.5 Å². The Kier molecular flexibility index (Phi) is 6.39. The van der Waals surface area contributed by atoms with Gasteiger partial charge in [0.25, 0.3) is 10.0 Å². The number of aryl methyl sites for hydroxylation is 2. The maximum Gasteiger partial charge on any atom is 0.264 e.